The summed E-state index contributed by atoms with van der Waals surface area (Å²) in [5.74, 6) is -1.26. The number of benzene rings is 8. The smallest absolute Gasteiger partial charge is 0.336 e. The molecular formula is C102H108Cl4N4O20. The highest BCUT2D eigenvalue weighted by molar-refractivity contribution is 6.31. The molecule has 0 N–H and O–H groups in total. The minimum absolute atomic E-state index is 0.00120. The van der Waals surface area contributed by atoms with E-state index < -0.39 is 47.6 Å². The first-order valence-electron chi connectivity index (χ1n) is 43.4. The van der Waals surface area contributed by atoms with E-state index in [0.717, 1.165) is 77.5 Å². The molecule has 6 aliphatic heterocycles. The molecule has 0 aromatic heterocycles. The average Bonchev–Trinajstić information content (AvgIpc) is 0.950. The number of nitrogens with zero attached hydrogens (tertiary/aromatic N) is 4. The van der Waals surface area contributed by atoms with Crippen LogP contribution in [-0.4, -0.2) is 160 Å². The summed E-state index contributed by atoms with van der Waals surface area (Å²) in [5, 5.41) is 2.36. The standard InChI is InChI=1S/2C26H28ClNO5.C25H26ClNO6.C25H26ClNO4/c2*1-17-25(26(30)33-16-19-6-3-4-8-23(19)31-2)22(18-9-11-20(27)12-10-18)14-24(29)28(17)15-21-7-5-13-32-21;1-4-32-23(29)14-27-16(2)24(20(13-22(27)28)17-9-11-19(26)12-10-17)25(30)33-15-18-7-5-6-8-21(18)31-3;1-16-24(25(29)31-15-19-5-3-4-6-22(19)30-2)21(18-9-11-20(26)12-10-18)13-23(28)27(16)14-17-7-8-17/h2*3-4,6,8-12,21-22H,5,7,13-16H2,1-2H3;5-12,20H,4,13-15H2,1-3H3;3-6,9-12,17,21H,7-8,13-15H2,1-2H3/t2*21-,22-;;/m10../s1. The molecular weight excluding hydrogens is 1740 g/mol. The highest BCUT2D eigenvalue weighted by Gasteiger charge is 2.44. The van der Waals surface area contributed by atoms with Crippen LogP contribution in [0.15, 0.2) is 239 Å². The summed E-state index contributed by atoms with van der Waals surface area (Å²) >= 11 is 24.2. The fraction of sp³-hybridized carbons (Fsp3) is 0.363. The maximum absolute atomic E-state index is 13.4. The van der Waals surface area contributed by atoms with Crippen LogP contribution in [0.25, 0.3) is 0 Å². The monoisotopic (exact) mass is 1850 g/mol. The van der Waals surface area contributed by atoms with Crippen molar-refractivity contribution in [2.45, 2.75) is 161 Å². The highest BCUT2D eigenvalue weighted by Crippen LogP contribution is 2.45. The van der Waals surface area contributed by atoms with E-state index in [1.807, 2.05) is 148 Å². The first-order valence-corrected chi connectivity index (χ1v) is 44.9. The minimum atomic E-state index is -0.570. The fourth-order valence-corrected chi connectivity index (χ4v) is 17.4. The molecule has 24 nitrogen and oxygen atoms in total. The van der Waals surface area contributed by atoms with Gasteiger partial charge in [-0.05, 0) is 174 Å². The number of carbonyl (C=O) groups excluding carboxylic acids is 9. The van der Waals surface area contributed by atoms with Crippen LogP contribution in [0.5, 0.6) is 23.0 Å². The number of hydrogen-bond donors (Lipinski definition) is 0. The van der Waals surface area contributed by atoms with Crippen LogP contribution in [0, 0.1) is 5.92 Å². The first-order chi connectivity index (χ1) is 62.8. The van der Waals surface area contributed by atoms with E-state index in [0.29, 0.717) is 132 Å². The number of amides is 4. The number of para-hydroxylation sites is 4. The zero-order valence-corrected chi connectivity index (χ0v) is 77.4. The Morgan fingerprint density at radius 1 is 0.338 bits per heavy atom. The number of carbonyl (C=O) groups is 9. The van der Waals surface area contributed by atoms with E-state index in [1.165, 1.54) is 4.90 Å². The number of ether oxygens (including phenoxy) is 11. The van der Waals surface area contributed by atoms with Gasteiger partial charge in [0.25, 0.3) is 0 Å². The Morgan fingerprint density at radius 2 is 0.592 bits per heavy atom. The van der Waals surface area contributed by atoms with E-state index in [-0.39, 0.29) is 107 Å². The third-order valence-corrected chi connectivity index (χ3v) is 25.0. The van der Waals surface area contributed by atoms with E-state index in [1.54, 1.807) is 124 Å². The second-order valence-electron chi connectivity index (χ2n) is 32.3. The van der Waals surface area contributed by atoms with Gasteiger partial charge in [-0.15, -0.1) is 0 Å². The van der Waals surface area contributed by atoms with Crippen LogP contribution in [0.1, 0.15) is 167 Å². The molecule has 15 rings (SSSR count). The summed E-state index contributed by atoms with van der Waals surface area (Å²) in [6.07, 6.45) is 6.64. The molecule has 2 saturated heterocycles. The molecule has 8 aromatic rings. The summed E-state index contributed by atoms with van der Waals surface area (Å²) in [7, 11) is 6.30. The van der Waals surface area contributed by atoms with E-state index >= 15 is 0 Å². The van der Waals surface area contributed by atoms with E-state index in [9.17, 15) is 43.2 Å². The molecule has 0 radical (unpaired) electrons. The lowest BCUT2D eigenvalue weighted by Crippen LogP contribution is -2.42. The molecule has 1 aliphatic carbocycles. The molecule has 7 aliphatic rings. The number of halogens is 4. The lowest BCUT2D eigenvalue weighted by atomic mass is 9.83. The van der Waals surface area contributed by atoms with Crippen molar-refractivity contribution in [2.75, 3.05) is 74.4 Å². The molecule has 4 amide bonds. The van der Waals surface area contributed by atoms with Crippen LogP contribution >= 0.6 is 46.4 Å². The number of methoxy groups -OCH3 is 4. The lowest BCUT2D eigenvalue weighted by molar-refractivity contribution is -0.149. The summed E-state index contributed by atoms with van der Waals surface area (Å²) in [6, 6.07) is 58.3. The number of rotatable bonds is 29. The Balaban J connectivity index is 0.000000157. The predicted octanol–water partition coefficient (Wildman–Crippen LogP) is 19.1. The predicted molar refractivity (Wildman–Crippen MR) is 491 cm³/mol. The molecule has 0 bridgehead atoms. The van der Waals surface area contributed by atoms with Crippen molar-refractivity contribution in [3.05, 3.63) is 304 Å². The van der Waals surface area contributed by atoms with Gasteiger partial charge in [-0.3, -0.25) is 24.0 Å². The number of allylic oxidation sites excluding steroid dienone is 4. The van der Waals surface area contributed by atoms with Crippen molar-refractivity contribution in [3.63, 3.8) is 0 Å². The number of esters is 5. The van der Waals surface area contributed by atoms with Crippen molar-refractivity contribution in [1.82, 2.24) is 19.6 Å². The van der Waals surface area contributed by atoms with Crippen molar-refractivity contribution in [3.8, 4) is 23.0 Å². The van der Waals surface area contributed by atoms with Gasteiger partial charge in [-0.25, -0.2) is 19.2 Å². The zero-order valence-electron chi connectivity index (χ0n) is 74.3. The Labute approximate surface area is 778 Å². The summed E-state index contributed by atoms with van der Waals surface area (Å²) < 4.78 is 60.7. The molecule has 6 heterocycles. The van der Waals surface area contributed by atoms with Crippen LogP contribution in [0.3, 0.4) is 0 Å². The van der Waals surface area contributed by atoms with Crippen LogP contribution in [0.4, 0.5) is 0 Å². The third kappa shape index (κ3) is 25.0. The maximum atomic E-state index is 13.4. The highest BCUT2D eigenvalue weighted by atomic mass is 35.5. The molecule has 130 heavy (non-hydrogen) atoms. The second-order valence-corrected chi connectivity index (χ2v) is 34.0. The zero-order chi connectivity index (χ0) is 92.7. The third-order valence-electron chi connectivity index (χ3n) is 24.0. The lowest BCUT2D eigenvalue weighted by Gasteiger charge is -2.35. The summed E-state index contributed by atoms with van der Waals surface area (Å²) in [4.78, 5) is 124. The Bertz CT molecular complexity index is 5340. The molecule has 2 unspecified atom stereocenters. The average molecular weight is 1850 g/mol. The Kier molecular flexibility index (Phi) is 34.9. The normalized spacial score (nSPS) is 19.1. The van der Waals surface area contributed by atoms with Gasteiger partial charge in [0.05, 0.1) is 82.6 Å². The quantitative estimate of drug-likeness (QED) is 0.0311. The van der Waals surface area contributed by atoms with Crippen molar-refractivity contribution in [2.24, 2.45) is 5.92 Å². The molecule has 684 valence electrons. The van der Waals surface area contributed by atoms with Crippen LogP contribution in [0.2, 0.25) is 20.1 Å². The largest absolute Gasteiger partial charge is 0.496 e. The van der Waals surface area contributed by atoms with Crippen molar-refractivity contribution in [1.29, 1.82) is 0 Å². The van der Waals surface area contributed by atoms with Crippen molar-refractivity contribution >= 4 is 99.9 Å². The molecule has 3 fully saturated rings. The fourth-order valence-electron chi connectivity index (χ4n) is 16.9. The van der Waals surface area contributed by atoms with Gasteiger partial charge < -0.3 is 71.7 Å². The van der Waals surface area contributed by atoms with Gasteiger partial charge in [0.2, 0.25) is 23.6 Å². The second kappa shape index (κ2) is 46.7. The van der Waals surface area contributed by atoms with E-state index in [4.69, 9.17) is 98.5 Å². The SMILES string of the molecule is CCOC(=O)CN1C(=O)CC(c2ccc(Cl)cc2)C(C(=O)OCc2ccccc2OC)=C1C.COc1ccccc1COC(=O)C1=C(C)N(CC2CC2)C(=O)CC1c1ccc(Cl)cc1.COc1ccccc1COC(=O)C1=C(C)N(C[C@@H]2CCCO2)C(=O)C[C@H]1c1ccc(Cl)cc1.COc1ccccc1COC(=O)C1=C(C)N(C[C@H]2CCCO2)C(=O)C[C@@H]1c1ccc(Cl)cc1. The summed E-state index contributed by atoms with van der Waals surface area (Å²) in [6.45, 7) is 12.0. The van der Waals surface area contributed by atoms with E-state index in [2.05, 4.69) is 0 Å². The summed E-state index contributed by atoms with van der Waals surface area (Å²) in [5.41, 5.74) is 10.5. The molecule has 8 aromatic carbocycles. The topological polar surface area (TPSA) is 268 Å². The molecule has 6 atom stereocenters. The van der Waals surface area contributed by atoms with Gasteiger partial charge in [0, 0.05) is 134 Å². The van der Waals surface area contributed by atoms with Gasteiger partial charge in [0.1, 0.15) is 56.0 Å². The minimum Gasteiger partial charge on any atom is -0.496 e. The first kappa shape index (κ1) is 97.3. The molecule has 28 heteroatoms. The van der Waals surface area contributed by atoms with Gasteiger partial charge >= 0.3 is 29.8 Å². The molecule has 1 saturated carbocycles. The van der Waals surface area contributed by atoms with Crippen molar-refractivity contribution < 1.29 is 95.3 Å². The van der Waals surface area contributed by atoms with Crippen LogP contribution < -0.4 is 18.9 Å². The number of hydrogen-bond acceptors (Lipinski definition) is 20. The van der Waals surface area contributed by atoms with Gasteiger partial charge in [0.15, 0.2) is 0 Å². The maximum Gasteiger partial charge on any atom is 0.336 e. The Morgan fingerprint density at radius 3 is 0.838 bits per heavy atom. The van der Waals surface area contributed by atoms with Crippen LogP contribution in [-0.2, 0) is 103 Å². The van der Waals surface area contributed by atoms with Gasteiger partial charge in [-0.2, -0.15) is 0 Å². The molecule has 0 spiro atoms. The van der Waals surface area contributed by atoms with Gasteiger partial charge in [-0.1, -0.05) is 168 Å². The Hall–Kier alpha value is -11.8.